The van der Waals surface area contributed by atoms with Crippen LogP contribution in [-0.2, 0) is 20.7 Å². The Hall–Kier alpha value is -1.95. The minimum atomic E-state index is -0.231. The van der Waals surface area contributed by atoms with Gasteiger partial charge in [-0.25, -0.2) is 0 Å². The summed E-state index contributed by atoms with van der Waals surface area (Å²) in [6.07, 6.45) is 8.93. The van der Waals surface area contributed by atoms with Crippen LogP contribution in [0, 0.1) is 5.41 Å². The Morgan fingerprint density at radius 1 is 1.21 bits per heavy atom. The van der Waals surface area contributed by atoms with E-state index < -0.39 is 0 Å². The Morgan fingerprint density at radius 3 is 2.79 bits per heavy atom. The summed E-state index contributed by atoms with van der Waals surface area (Å²) >= 11 is 0. The Kier molecular flexibility index (Phi) is 5.95. The van der Waals surface area contributed by atoms with Crippen molar-refractivity contribution in [3.63, 3.8) is 0 Å². The monoisotopic (exact) mass is 385 g/mol. The van der Waals surface area contributed by atoms with Crippen molar-refractivity contribution in [1.82, 2.24) is 14.8 Å². The van der Waals surface area contributed by atoms with Gasteiger partial charge >= 0.3 is 0 Å². The highest BCUT2D eigenvalue weighted by Gasteiger charge is 2.42. The summed E-state index contributed by atoms with van der Waals surface area (Å²) < 4.78 is 5.69. The van der Waals surface area contributed by atoms with Gasteiger partial charge in [-0.2, -0.15) is 0 Å². The normalized spacial score (nSPS) is 25.1. The molecular formula is C22H31N3O3. The molecule has 2 amide bonds. The van der Waals surface area contributed by atoms with E-state index in [2.05, 4.69) is 4.98 Å². The van der Waals surface area contributed by atoms with Gasteiger partial charge in [0.25, 0.3) is 5.91 Å². The molecule has 6 nitrogen and oxygen atoms in total. The molecule has 6 heteroatoms. The number of piperidine rings is 2. The van der Waals surface area contributed by atoms with Gasteiger partial charge in [0.2, 0.25) is 5.91 Å². The molecule has 152 valence electrons. The predicted molar refractivity (Wildman–Crippen MR) is 106 cm³/mol. The highest BCUT2D eigenvalue weighted by molar-refractivity contribution is 5.81. The largest absolute Gasteiger partial charge is 0.368 e. The number of hydrogen-bond donors (Lipinski definition) is 0. The lowest BCUT2D eigenvalue weighted by atomic mass is 9.72. The Morgan fingerprint density at radius 2 is 2.07 bits per heavy atom. The van der Waals surface area contributed by atoms with E-state index in [0.717, 1.165) is 76.8 Å². The molecule has 0 aliphatic carbocycles. The second-order valence-corrected chi connectivity index (χ2v) is 8.57. The summed E-state index contributed by atoms with van der Waals surface area (Å²) in [6.45, 7) is 3.85. The third-order valence-electron chi connectivity index (χ3n) is 6.70. The van der Waals surface area contributed by atoms with Gasteiger partial charge in [-0.15, -0.1) is 0 Å². The number of aromatic nitrogens is 1. The molecule has 0 radical (unpaired) electrons. The second-order valence-electron chi connectivity index (χ2n) is 8.57. The van der Waals surface area contributed by atoms with Crippen LogP contribution in [0.25, 0.3) is 0 Å². The molecule has 0 N–H and O–H groups in total. The topological polar surface area (TPSA) is 62.7 Å². The smallest absolute Gasteiger partial charge is 0.251 e. The van der Waals surface area contributed by atoms with E-state index in [9.17, 15) is 9.59 Å². The third-order valence-corrected chi connectivity index (χ3v) is 6.70. The number of ether oxygens (including phenoxy) is 1. The minimum Gasteiger partial charge on any atom is -0.368 e. The van der Waals surface area contributed by atoms with Gasteiger partial charge in [0.15, 0.2) is 0 Å². The fraction of sp³-hybridized carbons (Fsp3) is 0.682. The first-order valence-corrected chi connectivity index (χ1v) is 10.7. The molecule has 3 aliphatic rings. The van der Waals surface area contributed by atoms with Crippen LogP contribution in [0.5, 0.6) is 0 Å². The van der Waals surface area contributed by atoms with E-state index in [-0.39, 0.29) is 23.3 Å². The maximum Gasteiger partial charge on any atom is 0.251 e. The Balaban J connectivity index is 1.31. The maximum atomic E-state index is 12.7. The van der Waals surface area contributed by atoms with Gasteiger partial charge in [0.05, 0.1) is 0 Å². The van der Waals surface area contributed by atoms with Crippen LogP contribution in [0.1, 0.15) is 50.6 Å². The number of pyridine rings is 1. The first kappa shape index (κ1) is 19.4. The zero-order valence-corrected chi connectivity index (χ0v) is 16.6. The maximum absolute atomic E-state index is 12.7. The molecule has 4 rings (SSSR count). The number of nitrogens with zero attached hydrogens (tertiary/aromatic N) is 3. The molecule has 0 unspecified atom stereocenters. The van der Waals surface area contributed by atoms with E-state index in [1.54, 1.807) is 6.20 Å². The predicted octanol–water partition coefficient (Wildman–Crippen LogP) is 2.42. The molecule has 3 fully saturated rings. The molecule has 1 aromatic heterocycles. The number of hydrogen-bond acceptors (Lipinski definition) is 4. The van der Waals surface area contributed by atoms with Gasteiger partial charge < -0.3 is 14.5 Å². The summed E-state index contributed by atoms with van der Waals surface area (Å²) in [5.74, 6) is 0.434. The van der Waals surface area contributed by atoms with Crippen LogP contribution >= 0.6 is 0 Å². The average molecular weight is 386 g/mol. The van der Waals surface area contributed by atoms with Crippen molar-refractivity contribution in [3.05, 3.63) is 30.1 Å². The molecule has 0 bridgehead atoms. The van der Waals surface area contributed by atoms with Crippen molar-refractivity contribution >= 4 is 11.8 Å². The van der Waals surface area contributed by atoms with Gasteiger partial charge in [-0.1, -0.05) is 6.07 Å². The molecule has 4 heterocycles. The molecule has 1 aromatic rings. The number of carbonyl (C=O) groups is 2. The molecule has 3 saturated heterocycles. The van der Waals surface area contributed by atoms with Crippen LogP contribution < -0.4 is 0 Å². The van der Waals surface area contributed by atoms with E-state index >= 15 is 0 Å². The van der Waals surface area contributed by atoms with Crippen LogP contribution in [0.4, 0.5) is 0 Å². The Bertz CT molecular complexity index is 680. The third kappa shape index (κ3) is 4.37. The van der Waals surface area contributed by atoms with E-state index in [0.29, 0.717) is 13.0 Å². The van der Waals surface area contributed by atoms with E-state index in [1.807, 2.05) is 28.0 Å². The van der Waals surface area contributed by atoms with Crippen molar-refractivity contribution in [2.24, 2.45) is 5.41 Å². The molecule has 1 spiro atoms. The first-order chi connectivity index (χ1) is 13.7. The van der Waals surface area contributed by atoms with Crippen molar-refractivity contribution in [1.29, 1.82) is 0 Å². The fourth-order valence-corrected chi connectivity index (χ4v) is 4.85. The van der Waals surface area contributed by atoms with Crippen LogP contribution in [0.15, 0.2) is 24.4 Å². The molecule has 3 aliphatic heterocycles. The average Bonchev–Trinajstić information content (AvgIpc) is 2.76. The molecule has 1 atom stereocenters. The quantitative estimate of drug-likeness (QED) is 0.799. The minimum absolute atomic E-state index is 0.169. The second kappa shape index (κ2) is 8.60. The van der Waals surface area contributed by atoms with Crippen LogP contribution in [-0.4, -0.2) is 65.5 Å². The van der Waals surface area contributed by atoms with Crippen molar-refractivity contribution in [2.45, 2.75) is 57.5 Å². The number of rotatable bonds is 4. The van der Waals surface area contributed by atoms with Gasteiger partial charge in [0, 0.05) is 57.5 Å². The SMILES string of the molecule is O=C1CCC2(CCN(C(=O)[C@@H]3CCCCO3)CC2)CN1CCc1ccccn1. The molecule has 28 heavy (non-hydrogen) atoms. The number of likely N-dealkylation sites (tertiary alicyclic amines) is 2. The van der Waals surface area contributed by atoms with Crippen molar-refractivity contribution < 1.29 is 14.3 Å². The van der Waals surface area contributed by atoms with Crippen LogP contribution in [0.3, 0.4) is 0 Å². The molecule has 0 saturated carbocycles. The summed E-state index contributed by atoms with van der Waals surface area (Å²) in [5, 5.41) is 0. The molecule has 0 aromatic carbocycles. The molecular weight excluding hydrogens is 354 g/mol. The zero-order chi connectivity index (χ0) is 19.4. The van der Waals surface area contributed by atoms with Crippen LogP contribution in [0.2, 0.25) is 0 Å². The standard InChI is InChI=1S/C22H31N3O3/c26-20-7-9-22(17-25(20)13-8-18-5-1-3-12-23-18)10-14-24(15-11-22)21(27)19-6-2-4-16-28-19/h1,3,5,12,19H,2,4,6-11,13-17H2/t19-/m0/s1. The van der Waals surface area contributed by atoms with Gasteiger partial charge in [0.1, 0.15) is 6.10 Å². The Labute approximate surface area is 167 Å². The van der Waals surface area contributed by atoms with Gasteiger partial charge in [-0.05, 0) is 56.1 Å². The summed E-state index contributed by atoms with van der Waals surface area (Å²) in [4.78, 5) is 33.6. The highest BCUT2D eigenvalue weighted by Crippen LogP contribution is 2.40. The van der Waals surface area contributed by atoms with E-state index in [1.165, 1.54) is 0 Å². The summed E-state index contributed by atoms with van der Waals surface area (Å²) in [6, 6.07) is 5.92. The first-order valence-electron chi connectivity index (χ1n) is 10.7. The lowest BCUT2D eigenvalue weighted by Gasteiger charge is -2.48. The lowest BCUT2D eigenvalue weighted by molar-refractivity contribution is -0.151. The van der Waals surface area contributed by atoms with Gasteiger partial charge in [-0.3, -0.25) is 14.6 Å². The number of amides is 2. The number of carbonyl (C=O) groups excluding carboxylic acids is 2. The summed E-state index contributed by atoms with van der Waals surface area (Å²) in [5.41, 5.74) is 1.20. The zero-order valence-electron chi connectivity index (χ0n) is 16.6. The van der Waals surface area contributed by atoms with Crippen molar-refractivity contribution in [2.75, 3.05) is 32.8 Å². The fourth-order valence-electron chi connectivity index (χ4n) is 4.85. The van der Waals surface area contributed by atoms with E-state index in [4.69, 9.17) is 4.74 Å². The summed E-state index contributed by atoms with van der Waals surface area (Å²) in [7, 11) is 0. The highest BCUT2D eigenvalue weighted by atomic mass is 16.5. The van der Waals surface area contributed by atoms with Crippen molar-refractivity contribution in [3.8, 4) is 0 Å². The lowest BCUT2D eigenvalue weighted by Crippen LogP contribution is -2.54.